The van der Waals surface area contributed by atoms with E-state index in [1.165, 1.54) is 5.56 Å². The number of aromatic nitrogens is 2. The molecule has 1 aromatic heterocycles. The predicted octanol–water partition coefficient (Wildman–Crippen LogP) is 5.00. The van der Waals surface area contributed by atoms with Gasteiger partial charge in [0.1, 0.15) is 0 Å². The maximum Gasteiger partial charge on any atom is 0.259 e. The van der Waals surface area contributed by atoms with Crippen LogP contribution in [0.3, 0.4) is 0 Å². The fourth-order valence-electron chi connectivity index (χ4n) is 5.04. The van der Waals surface area contributed by atoms with Gasteiger partial charge in [0.2, 0.25) is 12.7 Å². The SMILES string of the molecule is CCc1ccc(N2CN(Cc3ccc4c(c3)OCO4)Cn3c2nc(C)c(Cc2ccccc2)c3=O)cc1. The maximum absolute atomic E-state index is 13.9. The Morgan fingerprint density at radius 3 is 2.41 bits per heavy atom. The third-order valence-corrected chi connectivity index (χ3v) is 7.10. The molecule has 4 aromatic rings. The average molecular weight is 495 g/mol. The predicted molar refractivity (Wildman–Crippen MR) is 143 cm³/mol. The number of benzene rings is 3. The summed E-state index contributed by atoms with van der Waals surface area (Å²) in [6.45, 7) is 6.08. The van der Waals surface area contributed by atoms with Gasteiger partial charge in [0.15, 0.2) is 11.5 Å². The number of fused-ring (bicyclic) bond motifs is 2. The monoisotopic (exact) mass is 494 g/mol. The molecule has 0 bridgehead atoms. The number of ether oxygens (including phenoxy) is 2. The molecule has 0 radical (unpaired) electrons. The van der Waals surface area contributed by atoms with Gasteiger partial charge in [-0.2, -0.15) is 0 Å². The number of rotatable bonds is 6. The van der Waals surface area contributed by atoms with Gasteiger partial charge in [-0.05, 0) is 54.3 Å². The summed E-state index contributed by atoms with van der Waals surface area (Å²) >= 11 is 0. The number of hydrogen-bond acceptors (Lipinski definition) is 6. The van der Waals surface area contributed by atoms with E-state index in [0.717, 1.165) is 46.0 Å². The van der Waals surface area contributed by atoms with Gasteiger partial charge in [-0.25, -0.2) is 4.98 Å². The first kappa shape index (κ1) is 23.3. The third kappa shape index (κ3) is 4.58. The zero-order valence-electron chi connectivity index (χ0n) is 21.2. The van der Waals surface area contributed by atoms with Crippen LogP contribution in [-0.2, 0) is 26.1 Å². The molecule has 0 saturated carbocycles. The first-order valence-electron chi connectivity index (χ1n) is 12.7. The Morgan fingerprint density at radius 2 is 1.62 bits per heavy atom. The molecule has 188 valence electrons. The van der Waals surface area contributed by atoms with Gasteiger partial charge >= 0.3 is 0 Å². The van der Waals surface area contributed by atoms with Crippen molar-refractivity contribution >= 4 is 11.6 Å². The molecular weight excluding hydrogens is 464 g/mol. The number of nitrogens with zero attached hydrogens (tertiary/aromatic N) is 4. The number of anilines is 2. The van der Waals surface area contributed by atoms with E-state index in [1.807, 2.05) is 41.8 Å². The summed E-state index contributed by atoms with van der Waals surface area (Å²) in [6.07, 6.45) is 1.54. The van der Waals surface area contributed by atoms with Crippen LogP contribution in [0.15, 0.2) is 77.6 Å². The van der Waals surface area contributed by atoms with Crippen molar-refractivity contribution in [3.8, 4) is 11.5 Å². The second kappa shape index (κ2) is 9.75. The Bertz CT molecular complexity index is 1480. The van der Waals surface area contributed by atoms with Crippen LogP contribution in [0.1, 0.15) is 34.9 Å². The number of aryl methyl sites for hydroxylation is 2. The van der Waals surface area contributed by atoms with Crippen LogP contribution < -0.4 is 19.9 Å². The van der Waals surface area contributed by atoms with Crippen molar-refractivity contribution in [1.82, 2.24) is 14.5 Å². The molecule has 3 heterocycles. The molecule has 0 saturated heterocycles. The molecule has 0 spiro atoms. The Morgan fingerprint density at radius 1 is 0.865 bits per heavy atom. The Hall–Kier alpha value is -4.10. The highest BCUT2D eigenvalue weighted by Gasteiger charge is 2.28. The third-order valence-electron chi connectivity index (χ3n) is 7.10. The fourth-order valence-corrected chi connectivity index (χ4v) is 5.04. The summed E-state index contributed by atoms with van der Waals surface area (Å²) in [5, 5.41) is 0. The number of hydrogen-bond donors (Lipinski definition) is 0. The van der Waals surface area contributed by atoms with E-state index in [9.17, 15) is 4.79 Å². The van der Waals surface area contributed by atoms with Crippen LogP contribution >= 0.6 is 0 Å². The van der Waals surface area contributed by atoms with Crippen molar-refractivity contribution in [1.29, 1.82) is 0 Å². The zero-order chi connectivity index (χ0) is 25.4. The lowest BCUT2D eigenvalue weighted by Crippen LogP contribution is -2.47. The summed E-state index contributed by atoms with van der Waals surface area (Å²) < 4.78 is 12.9. The molecule has 0 fully saturated rings. The zero-order valence-corrected chi connectivity index (χ0v) is 21.2. The molecule has 2 aliphatic rings. The van der Waals surface area contributed by atoms with E-state index in [2.05, 4.69) is 59.2 Å². The van der Waals surface area contributed by atoms with E-state index in [-0.39, 0.29) is 12.4 Å². The second-order valence-corrected chi connectivity index (χ2v) is 9.62. The molecule has 0 atom stereocenters. The molecule has 0 amide bonds. The molecule has 2 aliphatic heterocycles. The smallest absolute Gasteiger partial charge is 0.259 e. The second-order valence-electron chi connectivity index (χ2n) is 9.62. The lowest BCUT2D eigenvalue weighted by atomic mass is 10.1. The van der Waals surface area contributed by atoms with Crippen LogP contribution in [0.25, 0.3) is 0 Å². The topological polar surface area (TPSA) is 59.8 Å². The van der Waals surface area contributed by atoms with Gasteiger partial charge < -0.3 is 9.47 Å². The summed E-state index contributed by atoms with van der Waals surface area (Å²) in [6, 6.07) is 24.7. The van der Waals surface area contributed by atoms with Crippen molar-refractivity contribution in [3.05, 3.63) is 111 Å². The Labute approximate surface area is 216 Å². The maximum atomic E-state index is 13.9. The van der Waals surface area contributed by atoms with Gasteiger partial charge in [0.05, 0.1) is 19.0 Å². The van der Waals surface area contributed by atoms with Crippen LogP contribution in [-0.4, -0.2) is 27.9 Å². The first-order chi connectivity index (χ1) is 18.1. The molecule has 0 N–H and O–H groups in total. The Kier molecular flexibility index (Phi) is 6.14. The van der Waals surface area contributed by atoms with Crippen molar-refractivity contribution < 1.29 is 9.47 Å². The van der Waals surface area contributed by atoms with E-state index in [0.29, 0.717) is 32.3 Å². The van der Waals surface area contributed by atoms with Crippen LogP contribution in [0.4, 0.5) is 11.6 Å². The summed E-state index contributed by atoms with van der Waals surface area (Å²) in [5.41, 5.74) is 6.02. The molecule has 0 unspecified atom stereocenters. The average Bonchev–Trinajstić information content (AvgIpc) is 3.40. The van der Waals surface area contributed by atoms with Gasteiger partial charge in [-0.1, -0.05) is 55.5 Å². The minimum Gasteiger partial charge on any atom is -0.454 e. The highest BCUT2D eigenvalue weighted by molar-refractivity contribution is 5.59. The van der Waals surface area contributed by atoms with Crippen LogP contribution in [0.5, 0.6) is 11.5 Å². The van der Waals surface area contributed by atoms with Gasteiger partial charge in [0, 0.05) is 24.2 Å². The van der Waals surface area contributed by atoms with E-state index < -0.39 is 0 Å². The van der Waals surface area contributed by atoms with Gasteiger partial charge in [0.25, 0.3) is 5.56 Å². The van der Waals surface area contributed by atoms with Gasteiger partial charge in [-0.3, -0.25) is 19.2 Å². The Balaban J connectivity index is 1.39. The summed E-state index contributed by atoms with van der Waals surface area (Å²) in [5.74, 6) is 2.22. The summed E-state index contributed by atoms with van der Waals surface area (Å²) in [7, 11) is 0. The van der Waals surface area contributed by atoms with E-state index >= 15 is 0 Å². The molecule has 7 nitrogen and oxygen atoms in total. The van der Waals surface area contributed by atoms with E-state index in [4.69, 9.17) is 14.5 Å². The molecule has 6 rings (SSSR count). The quantitative estimate of drug-likeness (QED) is 0.376. The van der Waals surface area contributed by atoms with Crippen LogP contribution in [0, 0.1) is 6.92 Å². The minimum absolute atomic E-state index is 0.0110. The fraction of sp³-hybridized carbons (Fsp3) is 0.267. The lowest BCUT2D eigenvalue weighted by Gasteiger charge is -2.38. The molecule has 7 heteroatoms. The normalized spacial score (nSPS) is 14.6. The molecule has 3 aromatic carbocycles. The molecule has 0 aliphatic carbocycles. The largest absolute Gasteiger partial charge is 0.454 e. The summed E-state index contributed by atoms with van der Waals surface area (Å²) in [4.78, 5) is 23.3. The highest BCUT2D eigenvalue weighted by Crippen LogP contribution is 2.34. The van der Waals surface area contributed by atoms with Crippen molar-refractivity contribution in [3.63, 3.8) is 0 Å². The van der Waals surface area contributed by atoms with Crippen molar-refractivity contribution in [2.45, 2.75) is 39.9 Å². The standard InChI is InChI=1S/C30H30N4O3/c1-3-22-9-12-25(13-10-22)33-18-32(17-24-11-14-27-28(16-24)37-20-36-27)19-34-29(35)26(21(2)31-30(33)34)15-23-7-5-4-6-8-23/h4-14,16H,3,15,17-20H2,1-2H3. The van der Waals surface area contributed by atoms with Crippen molar-refractivity contribution in [2.75, 3.05) is 18.4 Å². The van der Waals surface area contributed by atoms with E-state index in [1.54, 1.807) is 0 Å². The van der Waals surface area contributed by atoms with Crippen LogP contribution in [0.2, 0.25) is 0 Å². The highest BCUT2D eigenvalue weighted by atomic mass is 16.7. The minimum atomic E-state index is 0.0110. The lowest BCUT2D eigenvalue weighted by molar-refractivity contribution is 0.173. The first-order valence-corrected chi connectivity index (χ1v) is 12.7. The van der Waals surface area contributed by atoms with Gasteiger partial charge in [-0.15, -0.1) is 0 Å². The molecule has 37 heavy (non-hydrogen) atoms. The molecular formula is C30H30N4O3. The van der Waals surface area contributed by atoms with Crippen molar-refractivity contribution in [2.24, 2.45) is 0 Å².